The van der Waals surface area contributed by atoms with Gasteiger partial charge in [-0.2, -0.15) is 0 Å². The number of nitrogens with one attached hydrogen (secondary N) is 1. The van der Waals surface area contributed by atoms with Crippen LogP contribution >= 0.6 is 27.5 Å². The summed E-state index contributed by atoms with van der Waals surface area (Å²) in [4.78, 5) is 14.4. The molecule has 1 aromatic carbocycles. The number of halogens is 2. The Morgan fingerprint density at radius 3 is 2.90 bits per heavy atom. The summed E-state index contributed by atoms with van der Waals surface area (Å²) in [6.45, 7) is 5.20. The first-order valence-corrected chi connectivity index (χ1v) is 7.88. The average Bonchev–Trinajstić information content (AvgIpc) is 2.47. The Morgan fingerprint density at radius 2 is 2.15 bits per heavy atom. The first kappa shape index (κ1) is 15.8. The number of amides is 1. The number of nitrogens with zero attached hydrogens (tertiary/aromatic N) is 1. The number of hydrogen-bond acceptors (Lipinski definition) is 3. The monoisotopic (exact) mass is 360 g/mol. The Labute approximate surface area is 132 Å². The summed E-state index contributed by atoms with van der Waals surface area (Å²) < 4.78 is 6.03. The molecule has 0 aliphatic carbocycles. The highest BCUT2D eigenvalue weighted by Crippen LogP contribution is 2.25. The van der Waals surface area contributed by atoms with Crippen LogP contribution in [-0.4, -0.2) is 50.2 Å². The molecule has 1 saturated heterocycles. The molecule has 1 N–H and O–H groups in total. The zero-order valence-corrected chi connectivity index (χ0v) is 13.5. The summed E-state index contributed by atoms with van der Waals surface area (Å²) in [6, 6.07) is 5.35. The lowest BCUT2D eigenvalue weighted by Crippen LogP contribution is -2.38. The highest BCUT2D eigenvalue weighted by atomic mass is 79.9. The van der Waals surface area contributed by atoms with Gasteiger partial charge in [-0.3, -0.25) is 9.69 Å². The molecule has 2 rings (SSSR count). The molecule has 0 unspecified atom stereocenters. The average molecular weight is 362 g/mol. The van der Waals surface area contributed by atoms with Crippen molar-refractivity contribution in [3.8, 4) is 0 Å². The normalized spacial score (nSPS) is 16.1. The quantitative estimate of drug-likeness (QED) is 0.820. The molecule has 1 fully saturated rings. The largest absolute Gasteiger partial charge is 0.379 e. The Morgan fingerprint density at radius 1 is 1.40 bits per heavy atom. The third-order valence-electron chi connectivity index (χ3n) is 3.24. The van der Waals surface area contributed by atoms with Crippen molar-refractivity contribution in [1.29, 1.82) is 0 Å². The van der Waals surface area contributed by atoms with Crippen LogP contribution in [0.15, 0.2) is 22.7 Å². The SMILES string of the molecule is O=C(NCCCN1CCOCC1)c1cccc(Br)c1Cl. The van der Waals surface area contributed by atoms with Crippen LogP contribution in [0.25, 0.3) is 0 Å². The Bertz CT molecular complexity index is 464. The topological polar surface area (TPSA) is 41.6 Å². The lowest BCUT2D eigenvalue weighted by Gasteiger charge is -2.26. The molecule has 1 aliphatic rings. The van der Waals surface area contributed by atoms with E-state index in [1.54, 1.807) is 12.1 Å². The van der Waals surface area contributed by atoms with E-state index in [-0.39, 0.29) is 5.91 Å². The predicted octanol–water partition coefficient (Wildman–Crippen LogP) is 2.55. The second-order valence-electron chi connectivity index (χ2n) is 4.66. The lowest BCUT2D eigenvalue weighted by atomic mass is 10.2. The van der Waals surface area contributed by atoms with Crippen molar-refractivity contribution in [2.45, 2.75) is 6.42 Å². The summed E-state index contributed by atoms with van der Waals surface area (Å²) in [5.41, 5.74) is 0.507. The molecule has 0 atom stereocenters. The molecule has 0 saturated carbocycles. The third kappa shape index (κ3) is 4.45. The number of morpholine rings is 1. The minimum atomic E-state index is -0.127. The zero-order chi connectivity index (χ0) is 14.4. The maximum Gasteiger partial charge on any atom is 0.252 e. The van der Waals surface area contributed by atoms with E-state index >= 15 is 0 Å². The number of hydrogen-bond donors (Lipinski definition) is 1. The Balaban J connectivity index is 1.73. The lowest BCUT2D eigenvalue weighted by molar-refractivity contribution is 0.0374. The molecule has 1 amide bonds. The number of benzene rings is 1. The van der Waals surface area contributed by atoms with E-state index in [1.165, 1.54) is 0 Å². The van der Waals surface area contributed by atoms with Crippen molar-refractivity contribution < 1.29 is 9.53 Å². The number of rotatable bonds is 5. The molecule has 20 heavy (non-hydrogen) atoms. The van der Waals surface area contributed by atoms with E-state index in [0.29, 0.717) is 17.1 Å². The summed E-state index contributed by atoms with van der Waals surface area (Å²) in [6.07, 6.45) is 0.928. The molecule has 1 heterocycles. The fourth-order valence-corrected chi connectivity index (χ4v) is 2.68. The van der Waals surface area contributed by atoms with Crippen LogP contribution in [0.3, 0.4) is 0 Å². The Kier molecular flexibility index (Phi) is 6.29. The minimum absolute atomic E-state index is 0.127. The number of carbonyl (C=O) groups excluding carboxylic acids is 1. The predicted molar refractivity (Wildman–Crippen MR) is 83.4 cm³/mol. The van der Waals surface area contributed by atoms with Gasteiger partial charge in [0.05, 0.1) is 23.8 Å². The van der Waals surface area contributed by atoms with Crippen molar-refractivity contribution in [3.63, 3.8) is 0 Å². The number of ether oxygens (including phenoxy) is 1. The second-order valence-corrected chi connectivity index (χ2v) is 5.90. The van der Waals surface area contributed by atoms with Crippen molar-refractivity contribution in [2.75, 3.05) is 39.4 Å². The van der Waals surface area contributed by atoms with Crippen LogP contribution < -0.4 is 5.32 Å². The van der Waals surface area contributed by atoms with Crippen LogP contribution in [0.5, 0.6) is 0 Å². The van der Waals surface area contributed by atoms with Gasteiger partial charge in [0.25, 0.3) is 5.91 Å². The van der Waals surface area contributed by atoms with E-state index < -0.39 is 0 Å². The summed E-state index contributed by atoms with van der Waals surface area (Å²) in [5, 5.41) is 3.36. The van der Waals surface area contributed by atoms with Gasteiger partial charge < -0.3 is 10.1 Å². The molecular weight excluding hydrogens is 344 g/mol. The van der Waals surface area contributed by atoms with Gasteiger partial charge in [-0.25, -0.2) is 0 Å². The summed E-state index contributed by atoms with van der Waals surface area (Å²) in [7, 11) is 0. The molecule has 0 aromatic heterocycles. The van der Waals surface area contributed by atoms with Crippen LogP contribution in [-0.2, 0) is 4.74 Å². The summed E-state index contributed by atoms with van der Waals surface area (Å²) in [5.74, 6) is -0.127. The van der Waals surface area contributed by atoms with Gasteiger partial charge in [0.1, 0.15) is 0 Å². The van der Waals surface area contributed by atoms with E-state index in [9.17, 15) is 4.79 Å². The highest BCUT2D eigenvalue weighted by Gasteiger charge is 2.12. The van der Waals surface area contributed by atoms with Crippen molar-refractivity contribution in [2.24, 2.45) is 0 Å². The molecule has 4 nitrogen and oxygen atoms in total. The molecule has 1 aliphatic heterocycles. The third-order valence-corrected chi connectivity index (χ3v) is 4.53. The number of carbonyl (C=O) groups is 1. The Hall–Kier alpha value is -0.620. The van der Waals surface area contributed by atoms with Gasteiger partial charge in [0.15, 0.2) is 0 Å². The van der Waals surface area contributed by atoms with Gasteiger partial charge in [0.2, 0.25) is 0 Å². The van der Waals surface area contributed by atoms with Gasteiger partial charge in [-0.05, 0) is 41.0 Å². The van der Waals surface area contributed by atoms with Gasteiger partial charge >= 0.3 is 0 Å². The van der Waals surface area contributed by atoms with Crippen LogP contribution in [0, 0.1) is 0 Å². The highest BCUT2D eigenvalue weighted by molar-refractivity contribution is 9.10. The maximum atomic E-state index is 12.0. The van der Waals surface area contributed by atoms with Crippen LogP contribution in [0.1, 0.15) is 16.8 Å². The van der Waals surface area contributed by atoms with E-state index in [0.717, 1.165) is 43.7 Å². The first-order valence-electron chi connectivity index (χ1n) is 6.71. The van der Waals surface area contributed by atoms with Crippen molar-refractivity contribution in [3.05, 3.63) is 33.3 Å². The standard InChI is InChI=1S/C14H18BrClN2O2/c15-12-4-1-3-11(13(12)16)14(19)17-5-2-6-18-7-9-20-10-8-18/h1,3-4H,2,5-10H2,(H,17,19). The maximum absolute atomic E-state index is 12.0. The fourth-order valence-electron chi connectivity index (χ4n) is 2.10. The van der Waals surface area contributed by atoms with Crippen LogP contribution in [0.2, 0.25) is 5.02 Å². The summed E-state index contributed by atoms with van der Waals surface area (Å²) >= 11 is 9.41. The fraction of sp³-hybridized carbons (Fsp3) is 0.500. The smallest absolute Gasteiger partial charge is 0.252 e. The van der Waals surface area contributed by atoms with Crippen molar-refractivity contribution >= 4 is 33.4 Å². The molecule has 110 valence electrons. The molecule has 6 heteroatoms. The van der Waals surface area contributed by atoms with Gasteiger partial charge in [0, 0.05) is 24.1 Å². The zero-order valence-electron chi connectivity index (χ0n) is 11.2. The van der Waals surface area contributed by atoms with Gasteiger partial charge in [-0.15, -0.1) is 0 Å². The van der Waals surface area contributed by atoms with E-state index in [1.807, 2.05) is 6.07 Å². The molecule has 1 aromatic rings. The molecule has 0 radical (unpaired) electrons. The first-order chi connectivity index (χ1) is 9.68. The molecular formula is C14H18BrClN2O2. The minimum Gasteiger partial charge on any atom is -0.379 e. The van der Waals surface area contributed by atoms with Crippen molar-refractivity contribution in [1.82, 2.24) is 10.2 Å². The molecule has 0 spiro atoms. The van der Waals surface area contributed by atoms with Gasteiger partial charge in [-0.1, -0.05) is 17.7 Å². The van der Waals surface area contributed by atoms with Crippen LogP contribution in [0.4, 0.5) is 0 Å². The van der Waals surface area contributed by atoms with E-state index in [2.05, 4.69) is 26.1 Å². The molecule has 0 bridgehead atoms. The second kappa shape index (κ2) is 7.98. The van der Waals surface area contributed by atoms with E-state index in [4.69, 9.17) is 16.3 Å².